The van der Waals surface area contributed by atoms with Crippen molar-refractivity contribution in [1.29, 1.82) is 0 Å². The first kappa shape index (κ1) is 22.3. The summed E-state index contributed by atoms with van der Waals surface area (Å²) in [6.45, 7) is 7.12. The van der Waals surface area contributed by atoms with E-state index in [-0.39, 0.29) is 29.0 Å². The third-order valence-corrected chi connectivity index (χ3v) is 3.69. The van der Waals surface area contributed by atoms with Gasteiger partial charge in [0.05, 0.1) is 23.6 Å². The molecule has 26 heavy (non-hydrogen) atoms. The summed E-state index contributed by atoms with van der Waals surface area (Å²) in [4.78, 5) is 23.6. The van der Waals surface area contributed by atoms with Gasteiger partial charge in [-0.3, -0.25) is 9.59 Å². The average Bonchev–Trinajstić information content (AvgIpc) is 2.44. The molecular weight excluding hydrogens is 371 g/mol. The number of benzene rings is 1. The van der Waals surface area contributed by atoms with Crippen LogP contribution in [0.2, 0.25) is 5.02 Å². The number of carbonyl (C=O) groups excluding carboxylic acids is 2. The van der Waals surface area contributed by atoms with Crippen molar-refractivity contribution in [2.45, 2.75) is 64.7 Å². The fourth-order valence-electron chi connectivity index (χ4n) is 2.16. The summed E-state index contributed by atoms with van der Waals surface area (Å²) < 4.78 is 41.9. The first-order chi connectivity index (χ1) is 11.8. The minimum Gasteiger partial charge on any atom is -0.460 e. The lowest BCUT2D eigenvalue weighted by molar-refractivity contribution is -0.155. The van der Waals surface area contributed by atoms with Gasteiger partial charge >= 0.3 is 12.1 Å². The predicted octanol–water partition coefficient (Wildman–Crippen LogP) is 5.46. The van der Waals surface area contributed by atoms with E-state index in [1.54, 1.807) is 32.9 Å². The monoisotopic (exact) mass is 393 g/mol. The van der Waals surface area contributed by atoms with Crippen LogP contribution in [-0.4, -0.2) is 23.7 Å². The highest BCUT2D eigenvalue weighted by atomic mass is 35.5. The van der Waals surface area contributed by atoms with Gasteiger partial charge in [0.1, 0.15) is 5.60 Å². The molecule has 1 atom stereocenters. The zero-order valence-electron chi connectivity index (χ0n) is 15.2. The molecule has 0 aliphatic heterocycles. The fourth-order valence-corrected chi connectivity index (χ4v) is 2.33. The Morgan fingerprint density at radius 1 is 1.23 bits per heavy atom. The summed E-state index contributed by atoms with van der Waals surface area (Å²) >= 11 is 6.00. The van der Waals surface area contributed by atoms with E-state index in [0.717, 1.165) is 0 Å². The molecule has 0 aromatic heterocycles. The largest absolute Gasteiger partial charge is 0.460 e. The Balaban J connectivity index is 2.76. The summed E-state index contributed by atoms with van der Waals surface area (Å²) in [5, 5.41) is 2.59. The highest BCUT2D eigenvalue weighted by molar-refractivity contribution is 6.33. The zero-order chi connectivity index (χ0) is 20.1. The molecule has 0 spiro atoms. The summed E-state index contributed by atoms with van der Waals surface area (Å²) in [7, 11) is 0. The van der Waals surface area contributed by atoms with Gasteiger partial charge in [0, 0.05) is 6.42 Å². The molecule has 0 saturated heterocycles. The number of alkyl halides is 3. The molecule has 0 aliphatic rings. The number of carbonyl (C=O) groups is 2. The Labute approximate surface area is 156 Å². The van der Waals surface area contributed by atoms with Crippen LogP contribution in [0.25, 0.3) is 0 Å². The second-order valence-corrected chi connectivity index (χ2v) is 7.50. The maximum absolute atomic E-state index is 12.2. The molecule has 0 radical (unpaired) electrons. The number of amides is 1. The number of esters is 1. The number of rotatable bonds is 6. The minimum atomic E-state index is -4.40. The van der Waals surface area contributed by atoms with Crippen molar-refractivity contribution in [3.63, 3.8) is 0 Å². The van der Waals surface area contributed by atoms with Crippen molar-refractivity contribution in [3.05, 3.63) is 28.8 Å². The van der Waals surface area contributed by atoms with Crippen LogP contribution in [0.4, 0.5) is 18.9 Å². The number of halogens is 4. The van der Waals surface area contributed by atoms with Gasteiger partial charge in [-0.25, -0.2) is 0 Å². The molecule has 1 aromatic carbocycles. The van der Waals surface area contributed by atoms with Gasteiger partial charge in [-0.05, 0) is 44.4 Å². The molecule has 0 aliphatic carbocycles. The molecule has 1 N–H and O–H groups in total. The third-order valence-electron chi connectivity index (χ3n) is 3.36. The van der Waals surface area contributed by atoms with Crippen LogP contribution in [0.1, 0.15) is 58.4 Å². The lowest BCUT2D eigenvalue weighted by atomic mass is 9.97. The summed E-state index contributed by atoms with van der Waals surface area (Å²) in [6.07, 6.45) is -6.16. The van der Waals surface area contributed by atoms with E-state index in [1.807, 2.05) is 6.92 Å². The predicted molar refractivity (Wildman–Crippen MR) is 94.2 cm³/mol. The van der Waals surface area contributed by atoms with Gasteiger partial charge in [0.2, 0.25) is 5.91 Å². The van der Waals surface area contributed by atoms with Crippen molar-refractivity contribution in [3.8, 4) is 0 Å². The first-order valence-corrected chi connectivity index (χ1v) is 8.52. The van der Waals surface area contributed by atoms with Crippen LogP contribution in [0, 0.1) is 0 Å². The highest BCUT2D eigenvalue weighted by Gasteiger charge is 2.28. The molecule has 4 nitrogen and oxygen atoms in total. The number of nitrogens with one attached hydrogen (secondary N) is 1. The van der Waals surface area contributed by atoms with Crippen LogP contribution < -0.4 is 5.32 Å². The molecule has 0 bridgehead atoms. The maximum Gasteiger partial charge on any atom is 0.389 e. The van der Waals surface area contributed by atoms with E-state index in [1.165, 1.54) is 6.07 Å². The lowest BCUT2D eigenvalue weighted by Gasteiger charge is -2.21. The minimum absolute atomic E-state index is 0.125. The van der Waals surface area contributed by atoms with Crippen LogP contribution in [-0.2, 0) is 14.3 Å². The van der Waals surface area contributed by atoms with Gasteiger partial charge in [0.15, 0.2) is 0 Å². The topological polar surface area (TPSA) is 55.4 Å². The molecule has 1 aromatic rings. The second kappa shape index (κ2) is 8.75. The SMILES string of the molecule is CC(CC(=O)OC(C)(C)C)c1ccc(Cl)c(NC(=O)CCC(F)(F)F)c1. The van der Waals surface area contributed by atoms with E-state index < -0.39 is 30.5 Å². The standard InChI is InChI=1S/C18H23ClF3NO3/c1-11(9-16(25)26-17(2,3)4)12-5-6-13(19)14(10-12)23-15(24)7-8-18(20,21)22/h5-6,10-11H,7-9H2,1-4H3,(H,23,24). The van der Waals surface area contributed by atoms with Crippen LogP contribution in [0.3, 0.4) is 0 Å². The van der Waals surface area contributed by atoms with Gasteiger partial charge in [0.25, 0.3) is 0 Å². The maximum atomic E-state index is 12.2. The van der Waals surface area contributed by atoms with Crippen molar-refractivity contribution in [1.82, 2.24) is 0 Å². The van der Waals surface area contributed by atoms with E-state index >= 15 is 0 Å². The van der Waals surface area contributed by atoms with Gasteiger partial charge < -0.3 is 10.1 Å². The van der Waals surface area contributed by atoms with Gasteiger partial charge in [-0.15, -0.1) is 0 Å². The Morgan fingerprint density at radius 2 is 1.85 bits per heavy atom. The van der Waals surface area contributed by atoms with Gasteiger partial charge in [-0.1, -0.05) is 24.6 Å². The van der Waals surface area contributed by atoms with E-state index in [4.69, 9.17) is 16.3 Å². The normalized spacial score (nSPS) is 13.2. The van der Waals surface area contributed by atoms with Crippen LogP contribution in [0.5, 0.6) is 0 Å². The van der Waals surface area contributed by atoms with Crippen molar-refractivity contribution < 1.29 is 27.5 Å². The number of ether oxygens (including phenoxy) is 1. The fraction of sp³-hybridized carbons (Fsp3) is 0.556. The van der Waals surface area contributed by atoms with Gasteiger partial charge in [-0.2, -0.15) is 13.2 Å². The molecule has 146 valence electrons. The van der Waals surface area contributed by atoms with E-state index in [9.17, 15) is 22.8 Å². The first-order valence-electron chi connectivity index (χ1n) is 8.15. The molecule has 1 amide bonds. The number of hydrogen-bond donors (Lipinski definition) is 1. The van der Waals surface area contributed by atoms with Crippen molar-refractivity contribution >= 4 is 29.2 Å². The Bertz CT molecular complexity index is 654. The molecule has 0 heterocycles. The van der Waals surface area contributed by atoms with E-state index in [0.29, 0.717) is 5.56 Å². The quantitative estimate of drug-likeness (QED) is 0.653. The van der Waals surface area contributed by atoms with E-state index in [2.05, 4.69) is 5.32 Å². The van der Waals surface area contributed by atoms with Crippen molar-refractivity contribution in [2.24, 2.45) is 0 Å². The molecular formula is C18H23ClF3NO3. The van der Waals surface area contributed by atoms with Crippen LogP contribution >= 0.6 is 11.6 Å². The highest BCUT2D eigenvalue weighted by Crippen LogP contribution is 2.29. The lowest BCUT2D eigenvalue weighted by Crippen LogP contribution is -2.24. The summed E-state index contributed by atoms with van der Waals surface area (Å²) in [5.41, 5.74) is 0.341. The summed E-state index contributed by atoms with van der Waals surface area (Å²) in [6, 6.07) is 4.79. The second-order valence-electron chi connectivity index (χ2n) is 7.09. The smallest absolute Gasteiger partial charge is 0.389 e. The Morgan fingerprint density at radius 3 is 2.38 bits per heavy atom. The summed E-state index contributed by atoms with van der Waals surface area (Å²) in [5.74, 6) is -1.36. The molecule has 1 rings (SSSR count). The zero-order valence-corrected chi connectivity index (χ0v) is 15.9. The van der Waals surface area contributed by atoms with Crippen LogP contribution in [0.15, 0.2) is 18.2 Å². The Kier molecular flexibility index (Phi) is 7.50. The molecule has 0 fully saturated rings. The molecule has 8 heteroatoms. The molecule has 1 unspecified atom stereocenters. The van der Waals surface area contributed by atoms with Crippen molar-refractivity contribution in [2.75, 3.05) is 5.32 Å². The number of hydrogen-bond acceptors (Lipinski definition) is 3. The molecule has 0 saturated carbocycles. The third kappa shape index (κ3) is 8.56. The number of anilines is 1. The average molecular weight is 394 g/mol. The Hall–Kier alpha value is -1.76.